The van der Waals surface area contributed by atoms with Gasteiger partial charge in [0, 0.05) is 43.7 Å². The smallest absolute Gasteiger partial charge is 0.333 e. The predicted molar refractivity (Wildman–Crippen MR) is 94.9 cm³/mol. The molecule has 5 heteroatoms. The van der Waals surface area contributed by atoms with Crippen LogP contribution in [-0.2, 0) is 14.3 Å². The van der Waals surface area contributed by atoms with E-state index in [9.17, 15) is 9.59 Å². The maximum absolute atomic E-state index is 13.1. The first-order valence-corrected chi connectivity index (χ1v) is 9.97. The number of rotatable bonds is 2. The topological polar surface area (TPSA) is 49.9 Å². The van der Waals surface area contributed by atoms with Crippen molar-refractivity contribution in [3.05, 3.63) is 11.6 Å². The summed E-state index contributed by atoms with van der Waals surface area (Å²) in [6.07, 6.45) is 8.09. The predicted octanol–water partition coefficient (Wildman–Crippen LogP) is 2.36. The molecule has 25 heavy (non-hydrogen) atoms. The normalized spacial score (nSPS) is 38.8. The van der Waals surface area contributed by atoms with Gasteiger partial charge in [-0.15, -0.1) is 0 Å². The number of carbonyl (C=O) groups is 2. The second-order valence-electron chi connectivity index (χ2n) is 8.28. The van der Waals surface area contributed by atoms with Crippen LogP contribution in [0.4, 0.5) is 0 Å². The van der Waals surface area contributed by atoms with Crippen molar-refractivity contribution >= 4 is 11.9 Å². The van der Waals surface area contributed by atoms with Crippen molar-refractivity contribution in [3.8, 4) is 0 Å². The van der Waals surface area contributed by atoms with E-state index in [1.165, 1.54) is 12.8 Å². The Bertz CT molecular complexity index is 587. The molecule has 4 heterocycles. The summed E-state index contributed by atoms with van der Waals surface area (Å²) < 4.78 is 5.71. The number of esters is 1. The number of allylic oxidation sites excluding steroid dienone is 1. The van der Waals surface area contributed by atoms with E-state index < -0.39 is 0 Å². The Hall–Kier alpha value is -1.36. The summed E-state index contributed by atoms with van der Waals surface area (Å²) in [4.78, 5) is 29.9. The minimum atomic E-state index is -0.208. The second kappa shape index (κ2) is 6.75. The summed E-state index contributed by atoms with van der Waals surface area (Å²) in [5.41, 5.74) is 0.663. The number of carbonyl (C=O) groups excluding carboxylic acids is 2. The van der Waals surface area contributed by atoms with E-state index >= 15 is 0 Å². The molecule has 0 N–H and O–H groups in total. The number of amides is 1. The molecule has 0 unspecified atom stereocenters. The largest absolute Gasteiger partial charge is 0.459 e. The number of ether oxygens (including phenoxy) is 1. The molecule has 4 aliphatic rings. The van der Waals surface area contributed by atoms with Gasteiger partial charge in [-0.1, -0.05) is 6.08 Å². The number of nitrogens with zero attached hydrogens (tertiary/aromatic N) is 2. The SMILES string of the molecule is C/C=C(\C)C(=O)O[C@H]1CCN2C[C@@H]3C[C@@H](C(=O)N4CCCC[C@H]34)[C@@H]2C1. The average Bonchev–Trinajstić information content (AvgIpc) is 2.65. The van der Waals surface area contributed by atoms with Crippen LogP contribution in [0, 0.1) is 11.8 Å². The van der Waals surface area contributed by atoms with Gasteiger partial charge in [0.15, 0.2) is 0 Å². The van der Waals surface area contributed by atoms with E-state index in [0.29, 0.717) is 23.4 Å². The third-order valence-electron chi connectivity index (χ3n) is 6.92. The van der Waals surface area contributed by atoms with Gasteiger partial charge in [-0.05, 0) is 51.9 Å². The highest BCUT2D eigenvalue weighted by Crippen LogP contribution is 2.43. The summed E-state index contributed by atoms with van der Waals surface area (Å²) >= 11 is 0. The number of fused-ring (bicyclic) bond motifs is 6. The fourth-order valence-corrected chi connectivity index (χ4v) is 5.46. The van der Waals surface area contributed by atoms with Crippen LogP contribution in [0.5, 0.6) is 0 Å². The van der Waals surface area contributed by atoms with E-state index in [4.69, 9.17) is 4.74 Å². The van der Waals surface area contributed by atoms with Gasteiger partial charge in [0.25, 0.3) is 0 Å². The van der Waals surface area contributed by atoms with Crippen molar-refractivity contribution < 1.29 is 14.3 Å². The summed E-state index contributed by atoms with van der Waals surface area (Å²) in [5, 5.41) is 0. The lowest BCUT2D eigenvalue weighted by molar-refractivity contribution is -0.164. The van der Waals surface area contributed by atoms with E-state index in [1.807, 2.05) is 6.92 Å². The van der Waals surface area contributed by atoms with Gasteiger partial charge in [0.1, 0.15) is 6.10 Å². The van der Waals surface area contributed by atoms with Gasteiger partial charge in [-0.3, -0.25) is 9.69 Å². The quantitative estimate of drug-likeness (QED) is 0.569. The number of hydrogen-bond acceptors (Lipinski definition) is 4. The lowest BCUT2D eigenvalue weighted by atomic mass is 9.70. The molecule has 4 aliphatic heterocycles. The van der Waals surface area contributed by atoms with E-state index in [0.717, 1.165) is 45.3 Å². The van der Waals surface area contributed by atoms with Crippen LogP contribution in [0.1, 0.15) is 52.4 Å². The van der Waals surface area contributed by atoms with Gasteiger partial charge in [-0.25, -0.2) is 4.79 Å². The molecule has 4 saturated heterocycles. The van der Waals surface area contributed by atoms with Gasteiger partial charge in [0.2, 0.25) is 5.91 Å². The van der Waals surface area contributed by atoms with Gasteiger partial charge in [0.05, 0.1) is 5.92 Å². The molecule has 0 saturated carbocycles. The van der Waals surface area contributed by atoms with Crippen LogP contribution in [0.25, 0.3) is 0 Å². The van der Waals surface area contributed by atoms with Crippen LogP contribution < -0.4 is 0 Å². The van der Waals surface area contributed by atoms with Crippen LogP contribution >= 0.6 is 0 Å². The molecule has 0 aromatic carbocycles. The van der Waals surface area contributed by atoms with Crippen molar-refractivity contribution in [1.82, 2.24) is 9.80 Å². The molecule has 4 rings (SSSR count). The van der Waals surface area contributed by atoms with Crippen molar-refractivity contribution in [2.45, 2.75) is 70.6 Å². The molecule has 2 bridgehead atoms. The summed E-state index contributed by atoms with van der Waals surface area (Å²) in [6, 6.07) is 0.732. The van der Waals surface area contributed by atoms with Crippen LogP contribution in [0.15, 0.2) is 11.6 Å². The Morgan fingerprint density at radius 3 is 2.80 bits per heavy atom. The first-order valence-electron chi connectivity index (χ1n) is 9.97. The molecule has 138 valence electrons. The number of piperidine rings is 4. The zero-order valence-electron chi connectivity index (χ0n) is 15.4. The van der Waals surface area contributed by atoms with Gasteiger partial charge in [-0.2, -0.15) is 0 Å². The first-order chi connectivity index (χ1) is 12.1. The van der Waals surface area contributed by atoms with Gasteiger partial charge < -0.3 is 9.64 Å². The van der Waals surface area contributed by atoms with Crippen molar-refractivity contribution in [2.75, 3.05) is 19.6 Å². The Balaban J connectivity index is 1.47. The Kier molecular flexibility index (Phi) is 4.61. The Morgan fingerprint density at radius 1 is 1.16 bits per heavy atom. The summed E-state index contributed by atoms with van der Waals surface area (Å²) in [5.74, 6) is 0.911. The lowest BCUT2D eigenvalue weighted by Gasteiger charge is -2.56. The zero-order valence-corrected chi connectivity index (χ0v) is 15.4. The van der Waals surface area contributed by atoms with Gasteiger partial charge >= 0.3 is 5.97 Å². The monoisotopic (exact) mass is 346 g/mol. The Labute approximate surface area is 150 Å². The molecule has 0 aromatic heterocycles. The average molecular weight is 346 g/mol. The lowest BCUT2D eigenvalue weighted by Crippen LogP contribution is -2.66. The minimum Gasteiger partial charge on any atom is -0.459 e. The molecule has 4 fully saturated rings. The van der Waals surface area contributed by atoms with Crippen LogP contribution in [0.3, 0.4) is 0 Å². The fraction of sp³-hybridized carbons (Fsp3) is 0.800. The van der Waals surface area contributed by atoms with Crippen molar-refractivity contribution in [3.63, 3.8) is 0 Å². The standard InChI is InChI=1S/C20H30N2O3/c1-3-13(2)20(24)25-15-7-9-21-12-14-10-16(18(21)11-15)19(23)22-8-5-4-6-17(14)22/h3,14-18H,4-12H2,1-2H3/b13-3+/t14-,15-,16+,17+,18-/m0/s1. The number of hydrogen-bond donors (Lipinski definition) is 0. The summed E-state index contributed by atoms with van der Waals surface area (Å²) in [7, 11) is 0. The highest BCUT2D eigenvalue weighted by molar-refractivity contribution is 5.87. The maximum atomic E-state index is 13.1. The third kappa shape index (κ3) is 3.01. The molecule has 0 aliphatic carbocycles. The first kappa shape index (κ1) is 17.1. The zero-order chi connectivity index (χ0) is 17.6. The molecular weight excluding hydrogens is 316 g/mol. The van der Waals surface area contributed by atoms with Crippen molar-refractivity contribution in [2.24, 2.45) is 11.8 Å². The molecule has 0 aromatic rings. The molecule has 0 spiro atoms. The van der Waals surface area contributed by atoms with E-state index in [2.05, 4.69) is 9.80 Å². The van der Waals surface area contributed by atoms with E-state index in [-0.39, 0.29) is 24.0 Å². The van der Waals surface area contributed by atoms with Crippen LogP contribution in [0.2, 0.25) is 0 Å². The highest BCUT2D eigenvalue weighted by Gasteiger charge is 2.52. The molecule has 5 atom stereocenters. The highest BCUT2D eigenvalue weighted by atomic mass is 16.5. The third-order valence-corrected chi connectivity index (χ3v) is 6.92. The van der Waals surface area contributed by atoms with Crippen LogP contribution in [-0.4, -0.2) is 59.5 Å². The maximum Gasteiger partial charge on any atom is 0.333 e. The van der Waals surface area contributed by atoms with E-state index in [1.54, 1.807) is 13.0 Å². The second-order valence-corrected chi connectivity index (χ2v) is 8.28. The fourth-order valence-electron chi connectivity index (χ4n) is 5.46. The molecule has 0 radical (unpaired) electrons. The van der Waals surface area contributed by atoms with Crippen molar-refractivity contribution in [1.29, 1.82) is 0 Å². The minimum absolute atomic E-state index is 0.0490. The molecule has 1 amide bonds. The Morgan fingerprint density at radius 2 is 2.00 bits per heavy atom. The molecule has 5 nitrogen and oxygen atoms in total. The summed E-state index contributed by atoms with van der Waals surface area (Å²) in [6.45, 7) is 6.66. The molecular formula is C20H30N2O3.